The number of hydrogen-bond donors (Lipinski definition) is 2. The Hall–Kier alpha value is -2.79. The Morgan fingerprint density at radius 3 is 2.58 bits per heavy atom. The minimum Gasteiger partial charge on any atom is -0.366 e. The Labute approximate surface area is 152 Å². The largest absolute Gasteiger partial charge is 0.366 e. The predicted molar refractivity (Wildman–Crippen MR) is 102 cm³/mol. The molecule has 0 amide bonds. The number of piperidine rings is 1. The van der Waals surface area contributed by atoms with Crippen molar-refractivity contribution in [2.45, 2.75) is 18.9 Å². The highest BCUT2D eigenvalue weighted by molar-refractivity contribution is 5.67. The van der Waals surface area contributed by atoms with E-state index in [0.29, 0.717) is 17.4 Å². The van der Waals surface area contributed by atoms with E-state index in [1.54, 1.807) is 6.07 Å². The summed E-state index contributed by atoms with van der Waals surface area (Å²) < 4.78 is 13.7. The van der Waals surface area contributed by atoms with Gasteiger partial charge < -0.3 is 10.6 Å². The van der Waals surface area contributed by atoms with Crippen LogP contribution in [0.4, 0.5) is 10.2 Å². The Kier molecular flexibility index (Phi) is 4.88. The first kappa shape index (κ1) is 16.7. The van der Waals surface area contributed by atoms with Gasteiger partial charge in [-0.3, -0.25) is 0 Å². The van der Waals surface area contributed by atoms with E-state index in [1.165, 1.54) is 12.1 Å². The van der Waals surface area contributed by atoms with Crippen LogP contribution in [0.1, 0.15) is 12.8 Å². The monoisotopic (exact) mass is 348 g/mol. The number of halogens is 1. The summed E-state index contributed by atoms with van der Waals surface area (Å²) in [6.07, 6.45) is 2.25. The van der Waals surface area contributed by atoms with Gasteiger partial charge in [-0.05, 0) is 31.5 Å². The number of aromatic nitrogens is 2. The minimum atomic E-state index is -0.290. The first-order valence-corrected chi connectivity index (χ1v) is 8.96. The zero-order chi connectivity index (χ0) is 17.8. The Morgan fingerprint density at radius 1 is 0.962 bits per heavy atom. The number of hydrogen-bond acceptors (Lipinski definition) is 4. The standard InChI is InChI=1S/C21H21FN4/c22-17-9-4-8-16(12-17)21-25-19(15-6-2-1-3-7-15)13-20(26-21)24-18-10-5-11-23-14-18/h1-4,6-9,12-13,18,23H,5,10-11,14H2,(H,24,25,26). The van der Waals surface area contributed by atoms with Crippen LogP contribution in [-0.4, -0.2) is 29.1 Å². The van der Waals surface area contributed by atoms with Crippen molar-refractivity contribution in [3.8, 4) is 22.6 Å². The Balaban J connectivity index is 1.74. The van der Waals surface area contributed by atoms with Gasteiger partial charge in [0.05, 0.1) is 5.69 Å². The van der Waals surface area contributed by atoms with Crippen molar-refractivity contribution >= 4 is 5.82 Å². The van der Waals surface area contributed by atoms with Gasteiger partial charge in [-0.15, -0.1) is 0 Å². The van der Waals surface area contributed by atoms with Crippen LogP contribution in [0.2, 0.25) is 0 Å². The summed E-state index contributed by atoms with van der Waals surface area (Å²) in [6.45, 7) is 1.98. The average Bonchev–Trinajstić information content (AvgIpc) is 2.69. The van der Waals surface area contributed by atoms with Crippen molar-refractivity contribution in [1.29, 1.82) is 0 Å². The topological polar surface area (TPSA) is 49.8 Å². The van der Waals surface area contributed by atoms with Crippen LogP contribution in [-0.2, 0) is 0 Å². The van der Waals surface area contributed by atoms with E-state index in [4.69, 9.17) is 0 Å². The molecule has 3 aromatic rings. The molecular weight excluding hydrogens is 327 g/mol. The summed E-state index contributed by atoms with van der Waals surface area (Å²) in [6, 6.07) is 18.7. The molecule has 1 aliphatic heterocycles. The molecule has 0 spiro atoms. The third-order valence-electron chi connectivity index (χ3n) is 4.53. The van der Waals surface area contributed by atoms with Crippen LogP contribution in [0.5, 0.6) is 0 Å². The molecule has 1 aromatic heterocycles. The van der Waals surface area contributed by atoms with Crippen LogP contribution >= 0.6 is 0 Å². The fourth-order valence-corrected chi connectivity index (χ4v) is 3.22. The molecule has 0 radical (unpaired) electrons. The lowest BCUT2D eigenvalue weighted by atomic mass is 10.1. The van der Waals surface area contributed by atoms with Crippen molar-refractivity contribution in [2.75, 3.05) is 18.4 Å². The summed E-state index contributed by atoms with van der Waals surface area (Å²) in [4.78, 5) is 9.32. The van der Waals surface area contributed by atoms with Crippen molar-refractivity contribution in [1.82, 2.24) is 15.3 Å². The third kappa shape index (κ3) is 3.89. The molecule has 4 rings (SSSR count). The molecule has 26 heavy (non-hydrogen) atoms. The van der Waals surface area contributed by atoms with Crippen molar-refractivity contribution in [3.63, 3.8) is 0 Å². The molecule has 1 fully saturated rings. The molecular formula is C21H21FN4. The van der Waals surface area contributed by atoms with E-state index < -0.39 is 0 Å². The van der Waals surface area contributed by atoms with Crippen molar-refractivity contribution in [2.24, 2.45) is 0 Å². The fraction of sp³-hybridized carbons (Fsp3) is 0.238. The van der Waals surface area contributed by atoms with Gasteiger partial charge in [0.25, 0.3) is 0 Å². The highest BCUT2D eigenvalue weighted by Crippen LogP contribution is 2.25. The molecule has 132 valence electrons. The summed E-state index contributed by atoms with van der Waals surface area (Å²) in [7, 11) is 0. The highest BCUT2D eigenvalue weighted by atomic mass is 19.1. The lowest BCUT2D eigenvalue weighted by molar-refractivity contribution is 0.479. The third-order valence-corrected chi connectivity index (χ3v) is 4.53. The van der Waals surface area contributed by atoms with E-state index in [0.717, 1.165) is 43.0 Å². The second-order valence-corrected chi connectivity index (χ2v) is 6.53. The van der Waals surface area contributed by atoms with Gasteiger partial charge in [-0.1, -0.05) is 42.5 Å². The Bertz CT molecular complexity index is 876. The van der Waals surface area contributed by atoms with Crippen molar-refractivity contribution < 1.29 is 4.39 Å². The molecule has 1 unspecified atom stereocenters. The molecule has 2 aromatic carbocycles. The number of nitrogens with zero attached hydrogens (tertiary/aromatic N) is 2. The first-order valence-electron chi connectivity index (χ1n) is 8.96. The van der Waals surface area contributed by atoms with Gasteiger partial charge in [0.2, 0.25) is 0 Å². The van der Waals surface area contributed by atoms with E-state index in [2.05, 4.69) is 20.6 Å². The molecule has 2 heterocycles. The maximum Gasteiger partial charge on any atom is 0.162 e. The molecule has 0 saturated carbocycles. The summed E-state index contributed by atoms with van der Waals surface area (Å²) in [5, 5.41) is 6.91. The number of rotatable bonds is 4. The summed E-state index contributed by atoms with van der Waals surface area (Å²) >= 11 is 0. The van der Waals surface area contributed by atoms with Gasteiger partial charge in [0.1, 0.15) is 11.6 Å². The maximum absolute atomic E-state index is 13.7. The zero-order valence-electron chi connectivity index (χ0n) is 14.5. The number of nitrogens with one attached hydrogen (secondary N) is 2. The SMILES string of the molecule is Fc1cccc(-c2nc(NC3CCCNC3)cc(-c3ccccc3)n2)c1. The van der Waals surface area contributed by atoms with Gasteiger partial charge in [0.15, 0.2) is 5.82 Å². The van der Waals surface area contributed by atoms with E-state index in [9.17, 15) is 4.39 Å². The predicted octanol–water partition coefficient (Wildman–Crippen LogP) is 4.11. The lowest BCUT2D eigenvalue weighted by Crippen LogP contribution is -2.38. The molecule has 0 aliphatic carbocycles. The first-order chi connectivity index (χ1) is 12.8. The average molecular weight is 348 g/mol. The van der Waals surface area contributed by atoms with Crippen molar-refractivity contribution in [3.05, 3.63) is 66.5 Å². The van der Waals surface area contributed by atoms with E-state index in [-0.39, 0.29) is 5.82 Å². The molecule has 0 bridgehead atoms. The maximum atomic E-state index is 13.7. The smallest absolute Gasteiger partial charge is 0.162 e. The Morgan fingerprint density at radius 2 is 1.81 bits per heavy atom. The van der Waals surface area contributed by atoms with Crippen LogP contribution in [0.25, 0.3) is 22.6 Å². The van der Waals surface area contributed by atoms with E-state index in [1.807, 2.05) is 42.5 Å². The summed E-state index contributed by atoms with van der Waals surface area (Å²) in [5.74, 6) is 1.01. The normalized spacial score (nSPS) is 17.0. The molecule has 2 N–H and O–H groups in total. The van der Waals surface area contributed by atoms with Crippen LogP contribution < -0.4 is 10.6 Å². The molecule has 4 nitrogen and oxygen atoms in total. The number of benzene rings is 2. The zero-order valence-corrected chi connectivity index (χ0v) is 14.5. The van der Waals surface area contributed by atoms with Crippen LogP contribution in [0.3, 0.4) is 0 Å². The van der Waals surface area contributed by atoms with Gasteiger partial charge in [-0.25, -0.2) is 14.4 Å². The van der Waals surface area contributed by atoms with Gasteiger partial charge in [0, 0.05) is 29.8 Å². The molecule has 5 heteroatoms. The minimum absolute atomic E-state index is 0.290. The fourth-order valence-electron chi connectivity index (χ4n) is 3.22. The summed E-state index contributed by atoms with van der Waals surface area (Å²) in [5.41, 5.74) is 2.51. The molecule has 1 atom stereocenters. The lowest BCUT2D eigenvalue weighted by Gasteiger charge is -2.24. The van der Waals surface area contributed by atoms with Crippen LogP contribution in [0.15, 0.2) is 60.7 Å². The second kappa shape index (κ2) is 7.62. The van der Waals surface area contributed by atoms with E-state index >= 15 is 0 Å². The quantitative estimate of drug-likeness (QED) is 0.745. The van der Waals surface area contributed by atoms with Crippen LogP contribution in [0, 0.1) is 5.82 Å². The second-order valence-electron chi connectivity index (χ2n) is 6.53. The highest BCUT2D eigenvalue weighted by Gasteiger charge is 2.15. The number of anilines is 1. The molecule has 1 aliphatic rings. The molecule has 1 saturated heterocycles. The van der Waals surface area contributed by atoms with Gasteiger partial charge >= 0.3 is 0 Å². The van der Waals surface area contributed by atoms with Gasteiger partial charge in [-0.2, -0.15) is 0 Å².